The SMILES string of the molecule is Fc1ccc(CNc2ccnc(Nc3ccc(F)c(F)c3F)n2)cc1. The Kier molecular flexibility index (Phi) is 4.78. The molecular formula is C17H12F4N4. The number of aromatic nitrogens is 2. The van der Waals surface area contributed by atoms with Crippen LogP contribution in [0.15, 0.2) is 48.7 Å². The summed E-state index contributed by atoms with van der Waals surface area (Å²) in [5, 5.41) is 5.49. The molecule has 1 heterocycles. The predicted molar refractivity (Wildman–Crippen MR) is 85.4 cm³/mol. The highest BCUT2D eigenvalue weighted by Crippen LogP contribution is 2.22. The number of halogens is 4. The Morgan fingerprint density at radius 1 is 0.840 bits per heavy atom. The van der Waals surface area contributed by atoms with E-state index in [1.54, 1.807) is 18.2 Å². The Morgan fingerprint density at radius 3 is 2.36 bits per heavy atom. The second-order valence-electron chi connectivity index (χ2n) is 5.09. The molecule has 3 aromatic rings. The van der Waals surface area contributed by atoms with E-state index in [0.717, 1.165) is 17.7 Å². The van der Waals surface area contributed by atoms with Crippen molar-refractivity contribution in [3.05, 3.63) is 77.5 Å². The number of rotatable bonds is 5. The van der Waals surface area contributed by atoms with Gasteiger partial charge < -0.3 is 10.6 Å². The van der Waals surface area contributed by atoms with Crippen LogP contribution in [0.5, 0.6) is 0 Å². The third kappa shape index (κ3) is 4.03. The molecule has 128 valence electrons. The molecule has 8 heteroatoms. The molecule has 0 atom stereocenters. The second kappa shape index (κ2) is 7.16. The van der Waals surface area contributed by atoms with Crippen molar-refractivity contribution in [2.24, 2.45) is 0 Å². The fourth-order valence-electron chi connectivity index (χ4n) is 2.06. The average molecular weight is 348 g/mol. The zero-order valence-corrected chi connectivity index (χ0v) is 12.7. The molecule has 0 aliphatic carbocycles. The van der Waals surface area contributed by atoms with Crippen LogP contribution in [0, 0.1) is 23.3 Å². The summed E-state index contributed by atoms with van der Waals surface area (Å²) in [6.45, 7) is 0.385. The lowest BCUT2D eigenvalue weighted by Crippen LogP contribution is -2.05. The van der Waals surface area contributed by atoms with E-state index >= 15 is 0 Å². The molecule has 0 amide bonds. The van der Waals surface area contributed by atoms with E-state index in [9.17, 15) is 17.6 Å². The molecule has 0 saturated heterocycles. The van der Waals surface area contributed by atoms with Crippen LogP contribution >= 0.6 is 0 Å². The van der Waals surface area contributed by atoms with Gasteiger partial charge in [0.1, 0.15) is 11.6 Å². The first-order chi connectivity index (χ1) is 12.0. The van der Waals surface area contributed by atoms with Crippen LogP contribution in [-0.2, 0) is 6.54 Å². The molecule has 2 N–H and O–H groups in total. The van der Waals surface area contributed by atoms with Crippen molar-refractivity contribution in [2.45, 2.75) is 6.54 Å². The quantitative estimate of drug-likeness (QED) is 0.530. The monoisotopic (exact) mass is 348 g/mol. The summed E-state index contributed by atoms with van der Waals surface area (Å²) in [6.07, 6.45) is 1.42. The third-order valence-corrected chi connectivity index (χ3v) is 3.32. The summed E-state index contributed by atoms with van der Waals surface area (Å²) in [6, 6.07) is 9.37. The molecule has 2 aromatic carbocycles. The first-order valence-corrected chi connectivity index (χ1v) is 7.25. The maximum Gasteiger partial charge on any atom is 0.229 e. The number of nitrogens with zero attached hydrogens (tertiary/aromatic N) is 2. The van der Waals surface area contributed by atoms with E-state index < -0.39 is 17.5 Å². The molecule has 0 spiro atoms. The Morgan fingerprint density at radius 2 is 1.60 bits per heavy atom. The van der Waals surface area contributed by atoms with Crippen LogP contribution in [-0.4, -0.2) is 9.97 Å². The zero-order valence-electron chi connectivity index (χ0n) is 12.7. The lowest BCUT2D eigenvalue weighted by atomic mass is 10.2. The van der Waals surface area contributed by atoms with Crippen molar-refractivity contribution in [2.75, 3.05) is 10.6 Å². The van der Waals surface area contributed by atoms with E-state index in [2.05, 4.69) is 20.6 Å². The van der Waals surface area contributed by atoms with E-state index in [1.807, 2.05) is 0 Å². The fourth-order valence-corrected chi connectivity index (χ4v) is 2.06. The summed E-state index contributed by atoms with van der Waals surface area (Å²) in [4.78, 5) is 8.00. The van der Waals surface area contributed by atoms with Gasteiger partial charge in [-0.3, -0.25) is 0 Å². The molecular weight excluding hydrogens is 336 g/mol. The lowest BCUT2D eigenvalue weighted by molar-refractivity contribution is 0.449. The van der Waals surface area contributed by atoms with Gasteiger partial charge in [0, 0.05) is 12.7 Å². The maximum absolute atomic E-state index is 13.7. The molecule has 0 bridgehead atoms. The summed E-state index contributed by atoms with van der Waals surface area (Å²) in [5.74, 6) is -4.10. The van der Waals surface area contributed by atoms with Crippen molar-refractivity contribution < 1.29 is 17.6 Å². The highest BCUT2D eigenvalue weighted by molar-refractivity contribution is 5.55. The van der Waals surface area contributed by atoms with E-state index in [-0.39, 0.29) is 17.5 Å². The van der Waals surface area contributed by atoms with Gasteiger partial charge >= 0.3 is 0 Å². The molecule has 25 heavy (non-hydrogen) atoms. The van der Waals surface area contributed by atoms with Crippen LogP contribution < -0.4 is 10.6 Å². The Labute approximate surface area is 140 Å². The number of hydrogen-bond acceptors (Lipinski definition) is 4. The van der Waals surface area contributed by atoms with Crippen molar-refractivity contribution in [3.8, 4) is 0 Å². The van der Waals surface area contributed by atoms with Gasteiger partial charge in [-0.1, -0.05) is 12.1 Å². The summed E-state index contributed by atoms with van der Waals surface area (Å²) in [5.41, 5.74) is 0.552. The molecule has 0 fully saturated rings. The number of nitrogens with one attached hydrogen (secondary N) is 2. The number of anilines is 3. The van der Waals surface area contributed by atoms with Gasteiger partial charge in [0.05, 0.1) is 5.69 Å². The minimum atomic E-state index is -1.57. The molecule has 4 nitrogen and oxygen atoms in total. The van der Waals surface area contributed by atoms with E-state index in [0.29, 0.717) is 12.4 Å². The Balaban J connectivity index is 1.71. The molecule has 0 aliphatic heterocycles. The lowest BCUT2D eigenvalue weighted by Gasteiger charge is -2.09. The second-order valence-corrected chi connectivity index (χ2v) is 5.09. The van der Waals surface area contributed by atoms with Crippen molar-refractivity contribution >= 4 is 17.5 Å². The van der Waals surface area contributed by atoms with Crippen LogP contribution in [0.25, 0.3) is 0 Å². The summed E-state index contributed by atoms with van der Waals surface area (Å²) in [7, 11) is 0. The van der Waals surface area contributed by atoms with Gasteiger partial charge in [-0.25, -0.2) is 22.5 Å². The van der Waals surface area contributed by atoms with Gasteiger partial charge in [0.2, 0.25) is 5.95 Å². The van der Waals surface area contributed by atoms with E-state index in [1.165, 1.54) is 18.3 Å². The van der Waals surface area contributed by atoms with Crippen molar-refractivity contribution in [3.63, 3.8) is 0 Å². The van der Waals surface area contributed by atoms with Crippen molar-refractivity contribution in [1.82, 2.24) is 9.97 Å². The first-order valence-electron chi connectivity index (χ1n) is 7.25. The Hall–Kier alpha value is -3.16. The van der Waals surface area contributed by atoms with Gasteiger partial charge in [-0.15, -0.1) is 0 Å². The minimum Gasteiger partial charge on any atom is -0.366 e. The molecule has 0 aliphatic rings. The van der Waals surface area contributed by atoms with Crippen LogP contribution in [0.4, 0.5) is 35.0 Å². The third-order valence-electron chi connectivity index (χ3n) is 3.32. The summed E-state index contributed by atoms with van der Waals surface area (Å²) >= 11 is 0. The predicted octanol–water partition coefficient (Wildman–Crippen LogP) is 4.39. The summed E-state index contributed by atoms with van der Waals surface area (Å²) < 4.78 is 52.7. The zero-order chi connectivity index (χ0) is 17.8. The first kappa shape index (κ1) is 16.7. The Bertz CT molecular complexity index is 884. The number of benzene rings is 2. The molecule has 0 radical (unpaired) electrons. The normalized spacial score (nSPS) is 10.6. The molecule has 3 rings (SSSR count). The van der Waals surface area contributed by atoms with Gasteiger partial charge in [0.25, 0.3) is 0 Å². The van der Waals surface area contributed by atoms with E-state index in [4.69, 9.17) is 0 Å². The van der Waals surface area contributed by atoms with Crippen LogP contribution in [0.1, 0.15) is 5.56 Å². The highest BCUT2D eigenvalue weighted by atomic mass is 19.2. The van der Waals surface area contributed by atoms with Gasteiger partial charge in [-0.05, 0) is 35.9 Å². The van der Waals surface area contributed by atoms with Crippen LogP contribution in [0.3, 0.4) is 0 Å². The van der Waals surface area contributed by atoms with Gasteiger partial charge in [0.15, 0.2) is 17.5 Å². The van der Waals surface area contributed by atoms with Gasteiger partial charge in [-0.2, -0.15) is 4.98 Å². The van der Waals surface area contributed by atoms with Crippen molar-refractivity contribution in [1.29, 1.82) is 0 Å². The average Bonchev–Trinajstić information content (AvgIpc) is 2.62. The largest absolute Gasteiger partial charge is 0.366 e. The highest BCUT2D eigenvalue weighted by Gasteiger charge is 2.14. The number of hydrogen-bond donors (Lipinski definition) is 2. The maximum atomic E-state index is 13.7. The standard InChI is InChI=1S/C17H12F4N4/c18-11-3-1-10(2-4-11)9-23-14-7-8-22-17(25-14)24-13-6-5-12(19)15(20)16(13)21/h1-8H,9H2,(H2,22,23,24,25). The topological polar surface area (TPSA) is 49.8 Å². The van der Waals surface area contributed by atoms with Crippen LogP contribution in [0.2, 0.25) is 0 Å². The molecule has 1 aromatic heterocycles. The smallest absolute Gasteiger partial charge is 0.229 e. The fraction of sp³-hybridized carbons (Fsp3) is 0.0588. The molecule has 0 saturated carbocycles. The minimum absolute atomic E-state index is 0.00835. The molecule has 0 unspecified atom stereocenters.